The number of carbonyl (C=O) groups excluding carboxylic acids is 1. The van der Waals surface area contributed by atoms with Crippen molar-refractivity contribution in [3.63, 3.8) is 0 Å². The van der Waals surface area contributed by atoms with E-state index in [1.807, 2.05) is 30.3 Å². The van der Waals surface area contributed by atoms with Gasteiger partial charge in [0.15, 0.2) is 0 Å². The van der Waals surface area contributed by atoms with Gasteiger partial charge < -0.3 is 15.0 Å². The van der Waals surface area contributed by atoms with Crippen molar-refractivity contribution in [2.75, 3.05) is 18.4 Å². The van der Waals surface area contributed by atoms with E-state index in [0.29, 0.717) is 30.4 Å². The molecule has 3 heterocycles. The number of aromatic nitrogens is 4. The van der Waals surface area contributed by atoms with Gasteiger partial charge in [0.1, 0.15) is 11.6 Å². The molecule has 8 nitrogen and oxygen atoms in total. The molecule has 0 unspecified atom stereocenters. The van der Waals surface area contributed by atoms with Crippen LogP contribution in [0.3, 0.4) is 0 Å². The molecule has 1 amide bonds. The molecule has 3 aromatic rings. The fraction of sp³-hybridized carbons (Fsp3) is 0.150. The molecule has 4 rings (SSSR count). The van der Waals surface area contributed by atoms with Gasteiger partial charge in [0.2, 0.25) is 5.91 Å². The Hall–Kier alpha value is -3.81. The van der Waals surface area contributed by atoms with Crippen molar-refractivity contribution in [1.82, 2.24) is 24.8 Å². The summed E-state index contributed by atoms with van der Waals surface area (Å²) >= 11 is 0. The Morgan fingerprint density at radius 1 is 1.14 bits per heavy atom. The van der Waals surface area contributed by atoms with E-state index >= 15 is 0 Å². The zero-order valence-electron chi connectivity index (χ0n) is 15.0. The minimum absolute atomic E-state index is 0.0622. The number of hydrogen-bond acceptors (Lipinski definition) is 7. The Kier molecular flexibility index (Phi) is 4.92. The van der Waals surface area contributed by atoms with Gasteiger partial charge in [0, 0.05) is 31.0 Å². The van der Waals surface area contributed by atoms with Gasteiger partial charge in [0.05, 0.1) is 24.1 Å². The van der Waals surface area contributed by atoms with Crippen molar-refractivity contribution in [2.45, 2.75) is 6.04 Å². The Bertz CT molecular complexity index is 972. The van der Waals surface area contributed by atoms with E-state index in [1.165, 1.54) is 6.08 Å². The third-order valence-electron chi connectivity index (χ3n) is 4.23. The molecule has 2 aromatic heterocycles. The van der Waals surface area contributed by atoms with Crippen LogP contribution in [-0.2, 0) is 4.79 Å². The number of anilines is 1. The summed E-state index contributed by atoms with van der Waals surface area (Å²) in [7, 11) is 0. The van der Waals surface area contributed by atoms with Crippen LogP contribution in [0.25, 0.3) is 11.3 Å². The van der Waals surface area contributed by atoms with Crippen LogP contribution < -0.4 is 10.1 Å². The quantitative estimate of drug-likeness (QED) is 0.663. The zero-order valence-corrected chi connectivity index (χ0v) is 15.0. The molecule has 1 aromatic carbocycles. The Balaban J connectivity index is 1.40. The van der Waals surface area contributed by atoms with E-state index in [9.17, 15) is 4.79 Å². The normalized spacial score (nSPS) is 13.5. The first kappa shape index (κ1) is 17.6. The highest BCUT2D eigenvalue weighted by atomic mass is 16.5. The van der Waals surface area contributed by atoms with Gasteiger partial charge >= 0.3 is 6.01 Å². The maximum absolute atomic E-state index is 11.5. The second-order valence-electron chi connectivity index (χ2n) is 6.25. The van der Waals surface area contributed by atoms with E-state index in [-0.39, 0.29) is 18.0 Å². The molecule has 1 aliphatic rings. The molecule has 0 saturated carbocycles. The fourth-order valence-corrected chi connectivity index (χ4v) is 2.76. The van der Waals surface area contributed by atoms with Gasteiger partial charge in [-0.1, -0.05) is 24.8 Å². The number of nitrogens with one attached hydrogen (secondary N) is 1. The lowest BCUT2D eigenvalue weighted by molar-refractivity contribution is -0.129. The lowest BCUT2D eigenvalue weighted by atomic mass is 10.1. The molecule has 0 radical (unpaired) electrons. The summed E-state index contributed by atoms with van der Waals surface area (Å²) in [6, 6.07) is 9.75. The number of hydrogen-bond donors (Lipinski definition) is 1. The van der Waals surface area contributed by atoms with Gasteiger partial charge in [-0.3, -0.25) is 9.78 Å². The first-order valence-electron chi connectivity index (χ1n) is 8.76. The maximum Gasteiger partial charge on any atom is 0.321 e. The van der Waals surface area contributed by atoms with Crippen LogP contribution in [0, 0.1) is 0 Å². The smallest absolute Gasteiger partial charge is 0.321 e. The molecule has 1 aliphatic heterocycles. The molecule has 1 N–H and O–H groups in total. The van der Waals surface area contributed by atoms with E-state index in [0.717, 1.165) is 5.56 Å². The van der Waals surface area contributed by atoms with Gasteiger partial charge in [-0.15, -0.1) is 0 Å². The van der Waals surface area contributed by atoms with Crippen molar-refractivity contribution in [3.05, 3.63) is 67.8 Å². The standard InChI is InChI=1S/C20H18N6O2/c1-2-19(27)26-12-15(13-26)24-18-11-21-10-17(25-18)14-8-22-20(23-9-14)28-16-6-4-3-5-7-16/h2-11,15H,1,12-13H2,(H,24,25). The molecular formula is C20H18N6O2. The number of likely N-dealkylation sites (tertiary alicyclic amines) is 1. The highest BCUT2D eigenvalue weighted by Crippen LogP contribution is 2.21. The summed E-state index contributed by atoms with van der Waals surface area (Å²) in [5.74, 6) is 1.25. The lowest BCUT2D eigenvalue weighted by Crippen LogP contribution is -2.56. The molecule has 0 atom stereocenters. The van der Waals surface area contributed by atoms with Crippen LogP contribution in [0.4, 0.5) is 5.82 Å². The molecule has 28 heavy (non-hydrogen) atoms. The van der Waals surface area contributed by atoms with Crippen LogP contribution in [0.2, 0.25) is 0 Å². The van der Waals surface area contributed by atoms with Crippen LogP contribution in [0.5, 0.6) is 11.8 Å². The second kappa shape index (κ2) is 7.83. The second-order valence-corrected chi connectivity index (χ2v) is 6.25. The molecule has 1 saturated heterocycles. The van der Waals surface area contributed by atoms with Crippen LogP contribution in [0.1, 0.15) is 0 Å². The maximum atomic E-state index is 11.5. The average Bonchev–Trinajstić information content (AvgIpc) is 2.71. The summed E-state index contributed by atoms with van der Waals surface area (Å²) in [5.41, 5.74) is 1.38. The minimum Gasteiger partial charge on any atom is -0.424 e. The predicted octanol–water partition coefficient (Wildman–Crippen LogP) is 2.53. The van der Waals surface area contributed by atoms with Crippen molar-refractivity contribution < 1.29 is 9.53 Å². The van der Waals surface area contributed by atoms with Gasteiger partial charge in [-0.05, 0) is 18.2 Å². The summed E-state index contributed by atoms with van der Waals surface area (Å²) in [4.78, 5) is 30.5. The molecular weight excluding hydrogens is 356 g/mol. The number of ether oxygens (including phenoxy) is 1. The number of nitrogens with zero attached hydrogens (tertiary/aromatic N) is 5. The highest BCUT2D eigenvalue weighted by Gasteiger charge is 2.29. The van der Waals surface area contributed by atoms with Crippen molar-refractivity contribution >= 4 is 11.7 Å². The summed E-state index contributed by atoms with van der Waals surface area (Å²) < 4.78 is 5.60. The number of rotatable bonds is 6. The minimum atomic E-state index is -0.0622. The number of benzene rings is 1. The summed E-state index contributed by atoms with van der Waals surface area (Å²) in [6.45, 7) is 4.73. The monoisotopic (exact) mass is 374 g/mol. The molecule has 1 fully saturated rings. The SMILES string of the molecule is C=CC(=O)N1CC(Nc2cncc(-c3cnc(Oc4ccccc4)nc3)n2)C1. The number of amides is 1. The molecule has 0 bridgehead atoms. The largest absolute Gasteiger partial charge is 0.424 e. The molecule has 0 aliphatic carbocycles. The summed E-state index contributed by atoms with van der Waals surface area (Å²) in [6.07, 6.45) is 7.91. The Morgan fingerprint density at radius 3 is 2.61 bits per heavy atom. The van der Waals surface area contributed by atoms with Crippen LogP contribution in [-0.4, -0.2) is 49.9 Å². The first-order chi connectivity index (χ1) is 13.7. The lowest BCUT2D eigenvalue weighted by Gasteiger charge is -2.39. The molecule has 140 valence electrons. The number of carbonyl (C=O) groups is 1. The fourth-order valence-electron chi connectivity index (χ4n) is 2.76. The first-order valence-corrected chi connectivity index (χ1v) is 8.76. The number of para-hydroxylation sites is 1. The Labute approximate surface area is 162 Å². The van der Waals surface area contributed by atoms with Gasteiger partial charge in [0.25, 0.3) is 0 Å². The topological polar surface area (TPSA) is 93.1 Å². The Morgan fingerprint density at radius 2 is 1.89 bits per heavy atom. The van der Waals surface area contributed by atoms with Crippen LogP contribution in [0.15, 0.2) is 67.8 Å². The van der Waals surface area contributed by atoms with Gasteiger partial charge in [-0.25, -0.2) is 15.0 Å². The summed E-state index contributed by atoms with van der Waals surface area (Å²) in [5, 5.41) is 3.27. The van der Waals surface area contributed by atoms with Gasteiger partial charge in [-0.2, -0.15) is 0 Å². The van der Waals surface area contributed by atoms with E-state index in [4.69, 9.17) is 4.74 Å². The zero-order chi connectivity index (χ0) is 19.3. The predicted molar refractivity (Wildman–Crippen MR) is 104 cm³/mol. The molecule has 8 heteroatoms. The van der Waals surface area contributed by atoms with Crippen molar-refractivity contribution in [2.24, 2.45) is 0 Å². The van der Waals surface area contributed by atoms with E-state index in [2.05, 4.69) is 31.8 Å². The van der Waals surface area contributed by atoms with Crippen molar-refractivity contribution in [3.8, 4) is 23.0 Å². The third-order valence-corrected chi connectivity index (χ3v) is 4.23. The third kappa shape index (κ3) is 3.96. The average molecular weight is 374 g/mol. The highest BCUT2D eigenvalue weighted by molar-refractivity contribution is 5.87. The molecule has 0 spiro atoms. The van der Waals surface area contributed by atoms with E-state index < -0.39 is 0 Å². The van der Waals surface area contributed by atoms with Crippen LogP contribution >= 0.6 is 0 Å². The van der Waals surface area contributed by atoms with Crippen molar-refractivity contribution in [1.29, 1.82) is 0 Å². The van der Waals surface area contributed by atoms with E-state index in [1.54, 1.807) is 29.7 Å².